The van der Waals surface area contributed by atoms with Crippen LogP contribution < -0.4 is 0 Å². The predicted octanol–water partition coefficient (Wildman–Crippen LogP) is 2.23. The number of Topliss-reactive ketones (excluding diaryl/α,β-unsaturated/α-hetero) is 1. The quantitative estimate of drug-likeness (QED) is 0.650. The van der Waals surface area contributed by atoms with Gasteiger partial charge in [0.25, 0.3) is 0 Å². The largest absolute Gasteiger partial charge is 0.293 e. The van der Waals surface area contributed by atoms with Gasteiger partial charge in [-0.2, -0.15) is 5.26 Å². The van der Waals surface area contributed by atoms with Gasteiger partial charge in [-0.25, -0.2) is 4.39 Å². The fraction of sp³-hybridized carbons (Fsp3) is 0.200. The van der Waals surface area contributed by atoms with Crippen LogP contribution in [-0.2, 0) is 0 Å². The summed E-state index contributed by atoms with van der Waals surface area (Å²) in [5, 5.41) is 8.28. The first-order valence-corrected chi connectivity index (χ1v) is 3.81. The highest BCUT2D eigenvalue weighted by Gasteiger charge is 2.06. The summed E-state index contributed by atoms with van der Waals surface area (Å²) in [5.41, 5.74) is 0.809. The molecule has 0 saturated carbocycles. The zero-order chi connectivity index (χ0) is 9.84. The van der Waals surface area contributed by atoms with Crippen LogP contribution in [0, 0.1) is 24.1 Å². The Balaban J connectivity index is 2.98. The molecule has 0 radical (unpaired) electrons. The Morgan fingerprint density at radius 2 is 2.31 bits per heavy atom. The van der Waals surface area contributed by atoms with Crippen molar-refractivity contribution in [1.29, 1.82) is 5.26 Å². The van der Waals surface area contributed by atoms with Crippen molar-refractivity contribution < 1.29 is 9.18 Å². The highest BCUT2D eigenvalue weighted by atomic mass is 19.1. The molecular formula is C10H8FNO. The second kappa shape index (κ2) is 3.81. The maximum absolute atomic E-state index is 12.8. The second-order valence-electron chi connectivity index (χ2n) is 2.72. The van der Waals surface area contributed by atoms with Crippen LogP contribution in [0.15, 0.2) is 18.2 Å². The van der Waals surface area contributed by atoms with Gasteiger partial charge in [0, 0.05) is 5.56 Å². The third-order valence-corrected chi connectivity index (χ3v) is 1.72. The summed E-state index contributed by atoms with van der Waals surface area (Å²) in [6.07, 6.45) is -0.162. The van der Waals surface area contributed by atoms with Crippen LogP contribution in [-0.4, -0.2) is 5.78 Å². The number of carbonyl (C=O) groups is 1. The molecule has 0 spiro atoms. The Morgan fingerprint density at radius 3 is 2.85 bits per heavy atom. The van der Waals surface area contributed by atoms with Gasteiger partial charge in [0.1, 0.15) is 5.82 Å². The van der Waals surface area contributed by atoms with Crippen molar-refractivity contribution in [2.24, 2.45) is 0 Å². The van der Waals surface area contributed by atoms with E-state index in [1.165, 1.54) is 18.2 Å². The second-order valence-corrected chi connectivity index (χ2v) is 2.72. The Labute approximate surface area is 75.6 Å². The van der Waals surface area contributed by atoms with E-state index < -0.39 is 0 Å². The van der Waals surface area contributed by atoms with Crippen molar-refractivity contribution in [2.75, 3.05) is 0 Å². The van der Waals surface area contributed by atoms with Crippen molar-refractivity contribution >= 4 is 5.78 Å². The van der Waals surface area contributed by atoms with Gasteiger partial charge in [0.2, 0.25) is 0 Å². The van der Waals surface area contributed by atoms with E-state index >= 15 is 0 Å². The number of halogens is 1. The number of benzene rings is 1. The fourth-order valence-corrected chi connectivity index (χ4v) is 0.992. The molecule has 0 aromatic heterocycles. The summed E-state index contributed by atoms with van der Waals surface area (Å²) < 4.78 is 12.8. The van der Waals surface area contributed by atoms with Gasteiger partial charge >= 0.3 is 0 Å². The molecule has 0 atom stereocenters. The third-order valence-electron chi connectivity index (χ3n) is 1.72. The molecule has 0 aliphatic carbocycles. The lowest BCUT2D eigenvalue weighted by atomic mass is 10.1. The molecule has 0 heterocycles. The number of hydrogen-bond donors (Lipinski definition) is 0. The zero-order valence-electron chi connectivity index (χ0n) is 7.17. The van der Waals surface area contributed by atoms with Crippen LogP contribution in [0.4, 0.5) is 4.39 Å². The molecule has 0 aliphatic rings. The minimum absolute atomic E-state index is 0.162. The zero-order valence-corrected chi connectivity index (χ0v) is 7.17. The minimum Gasteiger partial charge on any atom is -0.293 e. The summed E-state index contributed by atoms with van der Waals surface area (Å²) in [4.78, 5) is 11.2. The monoisotopic (exact) mass is 177 g/mol. The molecule has 0 saturated heterocycles. The first-order chi connectivity index (χ1) is 6.15. The van der Waals surface area contributed by atoms with Crippen LogP contribution in [0.5, 0.6) is 0 Å². The van der Waals surface area contributed by atoms with Gasteiger partial charge in [-0.05, 0) is 30.7 Å². The molecule has 66 valence electrons. The van der Waals surface area contributed by atoms with E-state index in [-0.39, 0.29) is 18.0 Å². The maximum Gasteiger partial charge on any atom is 0.176 e. The standard InChI is InChI=1S/C10H8FNO/c1-7-6-8(2-3-9(7)11)10(13)4-5-12/h2-3,6H,4H2,1H3. The van der Waals surface area contributed by atoms with E-state index in [4.69, 9.17) is 5.26 Å². The normalized spacial score (nSPS) is 9.31. The Kier molecular flexibility index (Phi) is 2.76. The van der Waals surface area contributed by atoms with Crippen LogP contribution in [0.2, 0.25) is 0 Å². The Bertz CT molecular complexity index is 379. The highest BCUT2D eigenvalue weighted by Crippen LogP contribution is 2.10. The van der Waals surface area contributed by atoms with Crippen LogP contribution in [0.3, 0.4) is 0 Å². The van der Waals surface area contributed by atoms with Crippen LogP contribution in [0.1, 0.15) is 22.3 Å². The molecular weight excluding hydrogens is 169 g/mol. The average molecular weight is 177 g/mol. The van der Waals surface area contributed by atoms with E-state index in [0.717, 1.165) is 0 Å². The van der Waals surface area contributed by atoms with Crippen molar-refractivity contribution in [3.8, 4) is 6.07 Å². The first-order valence-electron chi connectivity index (χ1n) is 3.81. The maximum atomic E-state index is 12.8. The van der Waals surface area contributed by atoms with E-state index in [2.05, 4.69) is 0 Å². The van der Waals surface area contributed by atoms with Gasteiger partial charge in [-0.1, -0.05) is 0 Å². The van der Waals surface area contributed by atoms with Crippen LogP contribution in [0.25, 0.3) is 0 Å². The fourth-order valence-electron chi connectivity index (χ4n) is 0.992. The van der Waals surface area contributed by atoms with E-state index in [9.17, 15) is 9.18 Å². The van der Waals surface area contributed by atoms with E-state index in [0.29, 0.717) is 11.1 Å². The SMILES string of the molecule is Cc1cc(C(=O)CC#N)ccc1F. The van der Waals surface area contributed by atoms with Gasteiger partial charge in [0.05, 0.1) is 12.5 Å². The van der Waals surface area contributed by atoms with Crippen molar-refractivity contribution in [3.05, 3.63) is 35.1 Å². The van der Waals surface area contributed by atoms with Gasteiger partial charge < -0.3 is 0 Å². The summed E-state index contributed by atoms with van der Waals surface area (Å²) in [7, 11) is 0. The molecule has 0 N–H and O–H groups in total. The first kappa shape index (κ1) is 9.40. The molecule has 0 unspecified atom stereocenters. The third kappa shape index (κ3) is 2.12. The summed E-state index contributed by atoms with van der Waals surface area (Å²) in [6, 6.07) is 5.84. The molecule has 1 rings (SSSR count). The molecule has 1 aromatic rings. The number of rotatable bonds is 2. The minimum atomic E-state index is -0.339. The van der Waals surface area contributed by atoms with Gasteiger partial charge in [-0.15, -0.1) is 0 Å². The summed E-state index contributed by atoms with van der Waals surface area (Å²) in [6.45, 7) is 1.58. The number of carbonyl (C=O) groups excluding carboxylic acids is 1. The molecule has 2 nitrogen and oxygen atoms in total. The number of ketones is 1. The average Bonchev–Trinajstić information content (AvgIpc) is 2.10. The van der Waals surface area contributed by atoms with E-state index in [1.807, 2.05) is 0 Å². The van der Waals surface area contributed by atoms with Gasteiger partial charge in [0.15, 0.2) is 5.78 Å². The summed E-state index contributed by atoms with van der Waals surface area (Å²) >= 11 is 0. The number of nitriles is 1. The lowest BCUT2D eigenvalue weighted by Crippen LogP contribution is -1.98. The molecule has 0 fully saturated rings. The van der Waals surface area contributed by atoms with Gasteiger partial charge in [-0.3, -0.25) is 4.79 Å². The lowest BCUT2D eigenvalue weighted by Gasteiger charge is -1.99. The topological polar surface area (TPSA) is 40.9 Å². The lowest BCUT2D eigenvalue weighted by molar-refractivity contribution is 0.0997. The van der Waals surface area contributed by atoms with Crippen molar-refractivity contribution in [2.45, 2.75) is 13.3 Å². The molecule has 0 amide bonds. The smallest absolute Gasteiger partial charge is 0.176 e. The van der Waals surface area contributed by atoms with Crippen molar-refractivity contribution in [1.82, 2.24) is 0 Å². The number of aryl methyl sites for hydroxylation is 1. The molecule has 3 heteroatoms. The number of hydrogen-bond acceptors (Lipinski definition) is 2. The summed E-state index contributed by atoms with van der Waals surface area (Å²) in [5.74, 6) is -0.612. The molecule has 0 bridgehead atoms. The highest BCUT2D eigenvalue weighted by molar-refractivity contribution is 5.97. The molecule has 0 aliphatic heterocycles. The molecule has 13 heavy (non-hydrogen) atoms. The van der Waals surface area contributed by atoms with Crippen LogP contribution >= 0.6 is 0 Å². The Hall–Kier alpha value is -1.69. The Morgan fingerprint density at radius 1 is 1.62 bits per heavy atom. The van der Waals surface area contributed by atoms with Crippen molar-refractivity contribution in [3.63, 3.8) is 0 Å². The predicted molar refractivity (Wildman–Crippen MR) is 45.7 cm³/mol. The van der Waals surface area contributed by atoms with E-state index in [1.54, 1.807) is 13.0 Å². The number of nitrogens with zero attached hydrogens (tertiary/aromatic N) is 1. The molecule has 1 aromatic carbocycles.